The molecule has 0 amide bonds. The first kappa shape index (κ1) is 11.9. The van der Waals surface area contributed by atoms with Crippen LogP contribution in [-0.2, 0) is 6.54 Å². The third kappa shape index (κ3) is 4.24. The molecule has 0 radical (unpaired) electrons. The van der Waals surface area contributed by atoms with Crippen molar-refractivity contribution in [2.24, 2.45) is 5.92 Å². The highest BCUT2D eigenvalue weighted by Crippen LogP contribution is 1.96. The van der Waals surface area contributed by atoms with E-state index < -0.39 is 0 Å². The van der Waals surface area contributed by atoms with Gasteiger partial charge in [-0.2, -0.15) is 5.10 Å². The second kappa shape index (κ2) is 5.65. The Morgan fingerprint density at radius 3 is 2.93 bits per heavy atom. The van der Waals surface area contributed by atoms with Crippen molar-refractivity contribution in [1.29, 1.82) is 0 Å². The summed E-state index contributed by atoms with van der Waals surface area (Å²) in [5.41, 5.74) is 0. The summed E-state index contributed by atoms with van der Waals surface area (Å²) in [6.45, 7) is 5.82. The highest BCUT2D eigenvalue weighted by Gasteiger charge is 2.06. The molecule has 0 saturated carbocycles. The Bertz CT molecular complexity index is 295. The molecule has 2 N–H and O–H groups in total. The van der Waals surface area contributed by atoms with E-state index in [9.17, 15) is 0 Å². The van der Waals surface area contributed by atoms with Gasteiger partial charge in [-0.25, -0.2) is 4.98 Å². The summed E-state index contributed by atoms with van der Waals surface area (Å²) >= 11 is 5.22. The van der Waals surface area contributed by atoms with Crippen LogP contribution in [0, 0.1) is 5.92 Å². The summed E-state index contributed by atoms with van der Waals surface area (Å²) in [7, 11) is 1.93. The highest BCUT2D eigenvalue weighted by atomic mass is 32.1. The third-order valence-corrected chi connectivity index (χ3v) is 2.32. The summed E-state index contributed by atoms with van der Waals surface area (Å²) in [6.07, 6.45) is 1.49. The number of rotatable bonds is 4. The lowest BCUT2D eigenvalue weighted by atomic mass is 10.2. The number of H-pyrrole nitrogens is 1. The van der Waals surface area contributed by atoms with E-state index in [-0.39, 0.29) is 0 Å². The molecule has 5 nitrogen and oxygen atoms in total. The van der Waals surface area contributed by atoms with Crippen LogP contribution >= 0.6 is 12.2 Å². The van der Waals surface area contributed by atoms with E-state index in [2.05, 4.69) is 34.3 Å². The van der Waals surface area contributed by atoms with Crippen molar-refractivity contribution < 1.29 is 0 Å². The first-order valence-corrected chi connectivity index (χ1v) is 5.33. The van der Waals surface area contributed by atoms with Crippen molar-refractivity contribution in [3.05, 3.63) is 12.2 Å². The van der Waals surface area contributed by atoms with Gasteiger partial charge in [0.15, 0.2) is 5.11 Å². The molecule has 0 saturated heterocycles. The van der Waals surface area contributed by atoms with Gasteiger partial charge in [0.25, 0.3) is 0 Å². The Labute approximate surface area is 95.3 Å². The zero-order valence-corrected chi connectivity index (χ0v) is 10.1. The molecule has 1 aromatic heterocycles. The Hall–Kier alpha value is -1.17. The lowest BCUT2D eigenvalue weighted by Gasteiger charge is -2.20. The molecule has 0 spiro atoms. The van der Waals surface area contributed by atoms with E-state index >= 15 is 0 Å². The average molecular weight is 227 g/mol. The number of aromatic nitrogens is 3. The molecule has 0 unspecified atom stereocenters. The van der Waals surface area contributed by atoms with Gasteiger partial charge in [0.2, 0.25) is 0 Å². The Balaban J connectivity index is 2.33. The van der Waals surface area contributed by atoms with Gasteiger partial charge in [0.1, 0.15) is 12.2 Å². The van der Waals surface area contributed by atoms with Crippen molar-refractivity contribution in [2.75, 3.05) is 13.6 Å². The summed E-state index contributed by atoms with van der Waals surface area (Å²) in [4.78, 5) is 5.97. The SMILES string of the molecule is CC(C)CNC(=S)N(C)Cc1ncn[nH]1. The number of hydrogen-bond donors (Lipinski definition) is 2. The predicted molar refractivity (Wildman–Crippen MR) is 63.3 cm³/mol. The molecule has 1 aromatic rings. The largest absolute Gasteiger partial charge is 0.362 e. The fraction of sp³-hybridized carbons (Fsp3) is 0.667. The van der Waals surface area contributed by atoms with Gasteiger partial charge < -0.3 is 10.2 Å². The van der Waals surface area contributed by atoms with Crippen molar-refractivity contribution in [3.8, 4) is 0 Å². The Kier molecular flexibility index (Phi) is 4.48. The maximum absolute atomic E-state index is 5.22. The van der Waals surface area contributed by atoms with Gasteiger partial charge >= 0.3 is 0 Å². The first-order valence-electron chi connectivity index (χ1n) is 4.92. The molecule has 0 aromatic carbocycles. The molecule has 0 aliphatic carbocycles. The van der Waals surface area contributed by atoms with Crippen LogP contribution in [-0.4, -0.2) is 38.8 Å². The molecule has 15 heavy (non-hydrogen) atoms. The zero-order chi connectivity index (χ0) is 11.3. The highest BCUT2D eigenvalue weighted by molar-refractivity contribution is 7.80. The fourth-order valence-corrected chi connectivity index (χ4v) is 1.18. The van der Waals surface area contributed by atoms with Crippen LogP contribution in [0.3, 0.4) is 0 Å². The van der Waals surface area contributed by atoms with Crippen LogP contribution in [0.2, 0.25) is 0 Å². The zero-order valence-electron chi connectivity index (χ0n) is 9.32. The van der Waals surface area contributed by atoms with Crippen molar-refractivity contribution in [2.45, 2.75) is 20.4 Å². The molecular weight excluding hydrogens is 210 g/mol. The molecule has 0 bridgehead atoms. The predicted octanol–water partition coefficient (Wildman–Crippen LogP) is 0.767. The number of thiocarbonyl (C=S) groups is 1. The number of hydrogen-bond acceptors (Lipinski definition) is 3. The molecule has 0 aliphatic rings. The molecule has 84 valence electrons. The topological polar surface area (TPSA) is 56.8 Å². The maximum atomic E-state index is 5.22. The molecule has 0 aliphatic heterocycles. The van der Waals surface area contributed by atoms with Gasteiger partial charge in [-0.05, 0) is 18.1 Å². The summed E-state index contributed by atoms with van der Waals surface area (Å²) < 4.78 is 0. The van der Waals surface area contributed by atoms with Gasteiger partial charge in [0.05, 0.1) is 6.54 Å². The van der Waals surface area contributed by atoms with E-state index in [1.807, 2.05) is 11.9 Å². The molecule has 6 heteroatoms. The smallest absolute Gasteiger partial charge is 0.169 e. The van der Waals surface area contributed by atoms with Crippen LogP contribution in [0.1, 0.15) is 19.7 Å². The second-order valence-electron chi connectivity index (χ2n) is 3.87. The van der Waals surface area contributed by atoms with Crippen LogP contribution in [0.15, 0.2) is 6.33 Å². The monoisotopic (exact) mass is 227 g/mol. The Morgan fingerprint density at radius 2 is 2.40 bits per heavy atom. The van der Waals surface area contributed by atoms with Crippen molar-refractivity contribution in [3.63, 3.8) is 0 Å². The quantitative estimate of drug-likeness (QED) is 0.744. The molecular formula is C9H17N5S. The van der Waals surface area contributed by atoms with E-state index in [1.54, 1.807) is 0 Å². The summed E-state index contributed by atoms with van der Waals surface area (Å²) in [6, 6.07) is 0. The number of nitrogens with zero attached hydrogens (tertiary/aromatic N) is 3. The van der Waals surface area contributed by atoms with E-state index in [0.29, 0.717) is 12.5 Å². The summed E-state index contributed by atoms with van der Waals surface area (Å²) in [5.74, 6) is 1.40. The van der Waals surface area contributed by atoms with Gasteiger partial charge in [-0.1, -0.05) is 13.8 Å². The second-order valence-corrected chi connectivity index (χ2v) is 4.25. The van der Waals surface area contributed by atoms with Gasteiger partial charge in [-0.3, -0.25) is 5.10 Å². The van der Waals surface area contributed by atoms with E-state index in [4.69, 9.17) is 12.2 Å². The minimum absolute atomic E-state index is 0.585. The average Bonchev–Trinajstić information content (AvgIpc) is 2.66. The number of nitrogens with one attached hydrogen (secondary N) is 2. The lowest BCUT2D eigenvalue weighted by Crippen LogP contribution is -2.38. The van der Waals surface area contributed by atoms with Crippen molar-refractivity contribution >= 4 is 17.3 Å². The van der Waals surface area contributed by atoms with Crippen molar-refractivity contribution in [1.82, 2.24) is 25.4 Å². The van der Waals surface area contributed by atoms with Crippen LogP contribution in [0.25, 0.3) is 0 Å². The van der Waals surface area contributed by atoms with Crippen LogP contribution in [0.5, 0.6) is 0 Å². The normalized spacial score (nSPS) is 10.4. The van der Waals surface area contributed by atoms with E-state index in [1.165, 1.54) is 6.33 Å². The fourth-order valence-electron chi connectivity index (χ4n) is 1.03. The minimum atomic E-state index is 0.585. The summed E-state index contributed by atoms with van der Waals surface area (Å²) in [5, 5.41) is 10.5. The Morgan fingerprint density at radius 1 is 1.67 bits per heavy atom. The molecule has 0 fully saturated rings. The maximum Gasteiger partial charge on any atom is 0.169 e. The first-order chi connectivity index (χ1) is 7.09. The minimum Gasteiger partial charge on any atom is -0.362 e. The lowest BCUT2D eigenvalue weighted by molar-refractivity contribution is 0.466. The van der Waals surface area contributed by atoms with Gasteiger partial charge in [-0.15, -0.1) is 0 Å². The van der Waals surface area contributed by atoms with Crippen LogP contribution in [0.4, 0.5) is 0 Å². The third-order valence-electron chi connectivity index (χ3n) is 1.86. The van der Waals surface area contributed by atoms with Crippen LogP contribution < -0.4 is 5.32 Å². The molecule has 0 atom stereocenters. The molecule has 1 rings (SSSR count). The van der Waals surface area contributed by atoms with Gasteiger partial charge in [0, 0.05) is 13.6 Å². The molecule has 1 heterocycles. The standard InChI is InChI=1S/C9H17N5S/c1-7(2)4-10-9(15)14(3)5-8-11-6-12-13-8/h6-7H,4-5H2,1-3H3,(H,10,15)(H,11,12,13). The number of aromatic amines is 1. The van der Waals surface area contributed by atoms with E-state index in [0.717, 1.165) is 17.5 Å².